The lowest BCUT2D eigenvalue weighted by molar-refractivity contribution is 0.870. The van der Waals surface area contributed by atoms with Gasteiger partial charge in [0.05, 0.1) is 10.5 Å². The van der Waals surface area contributed by atoms with E-state index in [9.17, 15) is 0 Å². The van der Waals surface area contributed by atoms with E-state index >= 15 is 0 Å². The highest BCUT2D eigenvalue weighted by molar-refractivity contribution is 9.09. The van der Waals surface area contributed by atoms with Crippen molar-refractivity contribution >= 4 is 27.3 Å². The normalized spacial score (nSPS) is 13.0. The SMILES string of the molecule is CCC(Br)c1nnc(-c2ccn[nH]2)s1. The van der Waals surface area contributed by atoms with Gasteiger partial charge in [0.2, 0.25) is 0 Å². The van der Waals surface area contributed by atoms with Gasteiger partial charge < -0.3 is 0 Å². The van der Waals surface area contributed by atoms with Crippen LogP contribution in [0.15, 0.2) is 12.3 Å². The van der Waals surface area contributed by atoms with Crippen molar-refractivity contribution in [2.45, 2.75) is 18.2 Å². The van der Waals surface area contributed by atoms with Gasteiger partial charge in [-0.2, -0.15) is 5.10 Å². The maximum absolute atomic E-state index is 4.12. The summed E-state index contributed by atoms with van der Waals surface area (Å²) in [5.41, 5.74) is 0.921. The van der Waals surface area contributed by atoms with E-state index < -0.39 is 0 Å². The third-order valence-corrected chi connectivity index (χ3v) is 4.25. The van der Waals surface area contributed by atoms with Crippen molar-refractivity contribution in [1.82, 2.24) is 20.4 Å². The second-order valence-corrected chi connectivity index (χ2v) is 4.91. The molecule has 0 amide bonds. The number of hydrogen-bond donors (Lipinski definition) is 1. The zero-order valence-corrected chi connectivity index (χ0v) is 9.97. The molecule has 0 spiro atoms. The Hall–Kier alpha value is -0.750. The molecule has 0 aliphatic rings. The van der Waals surface area contributed by atoms with Crippen LogP contribution >= 0.6 is 27.3 Å². The molecule has 0 aromatic carbocycles. The fourth-order valence-electron chi connectivity index (χ4n) is 1.02. The number of nitrogens with one attached hydrogen (secondary N) is 1. The molecule has 1 atom stereocenters. The molecule has 74 valence electrons. The predicted octanol–water partition coefficient (Wildman–Crippen LogP) is 2.77. The van der Waals surface area contributed by atoms with Crippen LogP contribution in [-0.4, -0.2) is 20.4 Å². The summed E-state index contributed by atoms with van der Waals surface area (Å²) in [5.74, 6) is 0. The zero-order valence-electron chi connectivity index (χ0n) is 7.57. The molecule has 14 heavy (non-hydrogen) atoms. The predicted molar refractivity (Wildman–Crippen MR) is 59.4 cm³/mol. The fraction of sp³-hybridized carbons (Fsp3) is 0.375. The number of rotatable bonds is 3. The summed E-state index contributed by atoms with van der Waals surface area (Å²) in [6, 6.07) is 1.89. The molecule has 0 fully saturated rings. The van der Waals surface area contributed by atoms with Gasteiger partial charge >= 0.3 is 0 Å². The molecule has 0 saturated carbocycles. The molecule has 0 radical (unpaired) electrons. The molecular formula is C8H9BrN4S. The van der Waals surface area contributed by atoms with Crippen molar-refractivity contribution in [3.63, 3.8) is 0 Å². The van der Waals surface area contributed by atoms with Gasteiger partial charge in [0, 0.05) is 6.20 Å². The van der Waals surface area contributed by atoms with Gasteiger partial charge in [-0.1, -0.05) is 34.2 Å². The van der Waals surface area contributed by atoms with Crippen LogP contribution in [-0.2, 0) is 0 Å². The lowest BCUT2D eigenvalue weighted by atomic mass is 10.4. The highest BCUT2D eigenvalue weighted by Crippen LogP contribution is 2.31. The quantitative estimate of drug-likeness (QED) is 0.875. The number of nitrogens with zero attached hydrogens (tertiary/aromatic N) is 3. The average molecular weight is 273 g/mol. The molecule has 0 saturated heterocycles. The van der Waals surface area contributed by atoms with Crippen molar-refractivity contribution in [3.05, 3.63) is 17.3 Å². The van der Waals surface area contributed by atoms with Crippen molar-refractivity contribution in [1.29, 1.82) is 0 Å². The molecule has 6 heteroatoms. The van der Waals surface area contributed by atoms with E-state index in [1.54, 1.807) is 17.5 Å². The van der Waals surface area contributed by atoms with Crippen LogP contribution in [0.3, 0.4) is 0 Å². The second kappa shape index (κ2) is 4.18. The molecule has 2 heterocycles. The van der Waals surface area contributed by atoms with E-state index in [1.807, 2.05) is 6.07 Å². The van der Waals surface area contributed by atoms with Crippen LogP contribution in [0.25, 0.3) is 10.7 Å². The lowest BCUT2D eigenvalue weighted by Crippen LogP contribution is -1.84. The summed E-state index contributed by atoms with van der Waals surface area (Å²) in [7, 11) is 0. The molecule has 0 bridgehead atoms. The van der Waals surface area contributed by atoms with Crippen molar-refractivity contribution in [2.24, 2.45) is 0 Å². The molecule has 2 aromatic rings. The maximum atomic E-state index is 4.12. The molecule has 0 aliphatic carbocycles. The van der Waals surface area contributed by atoms with Crippen LogP contribution in [0, 0.1) is 0 Å². The first-order valence-electron chi connectivity index (χ1n) is 4.28. The van der Waals surface area contributed by atoms with E-state index in [0.29, 0.717) is 4.83 Å². The number of aromatic amines is 1. The largest absolute Gasteiger partial charge is 0.275 e. The van der Waals surface area contributed by atoms with Crippen LogP contribution in [0.4, 0.5) is 0 Å². The molecule has 1 unspecified atom stereocenters. The first-order valence-corrected chi connectivity index (χ1v) is 6.01. The number of hydrogen-bond acceptors (Lipinski definition) is 4. The van der Waals surface area contributed by atoms with Crippen LogP contribution in [0.1, 0.15) is 23.2 Å². The molecule has 0 aliphatic heterocycles. The topological polar surface area (TPSA) is 54.5 Å². The lowest BCUT2D eigenvalue weighted by Gasteiger charge is -1.97. The van der Waals surface area contributed by atoms with Crippen molar-refractivity contribution in [3.8, 4) is 10.7 Å². The molecule has 2 aromatic heterocycles. The Morgan fingerprint density at radius 2 is 2.43 bits per heavy atom. The van der Waals surface area contributed by atoms with E-state index in [0.717, 1.165) is 22.1 Å². The first kappa shape index (κ1) is 9.79. The van der Waals surface area contributed by atoms with Gasteiger partial charge in [0.15, 0.2) is 5.01 Å². The minimum Gasteiger partial charge on any atom is -0.275 e. The Morgan fingerprint density at radius 1 is 1.57 bits per heavy atom. The van der Waals surface area contributed by atoms with Crippen molar-refractivity contribution < 1.29 is 0 Å². The summed E-state index contributed by atoms with van der Waals surface area (Å²) >= 11 is 5.13. The Bertz CT molecular complexity index is 397. The van der Waals surface area contributed by atoms with Crippen molar-refractivity contribution in [2.75, 3.05) is 0 Å². The van der Waals surface area contributed by atoms with Gasteiger partial charge in [-0.3, -0.25) is 5.10 Å². The first-order chi connectivity index (χ1) is 6.81. The highest BCUT2D eigenvalue weighted by atomic mass is 79.9. The van der Waals surface area contributed by atoms with Crippen LogP contribution in [0.5, 0.6) is 0 Å². The van der Waals surface area contributed by atoms with Gasteiger partial charge in [0.25, 0.3) is 0 Å². The number of H-pyrrole nitrogens is 1. The monoisotopic (exact) mass is 272 g/mol. The summed E-state index contributed by atoms with van der Waals surface area (Å²) in [6.07, 6.45) is 2.72. The van der Waals surface area contributed by atoms with Gasteiger partial charge in [0.1, 0.15) is 5.01 Å². The summed E-state index contributed by atoms with van der Waals surface area (Å²) in [6.45, 7) is 2.11. The van der Waals surface area contributed by atoms with E-state index in [-0.39, 0.29) is 0 Å². The van der Waals surface area contributed by atoms with E-state index in [1.165, 1.54) is 0 Å². The minimum absolute atomic E-state index is 0.302. The van der Waals surface area contributed by atoms with Gasteiger partial charge in [-0.15, -0.1) is 10.2 Å². The summed E-state index contributed by atoms with van der Waals surface area (Å²) < 4.78 is 0. The summed E-state index contributed by atoms with van der Waals surface area (Å²) in [4.78, 5) is 0.302. The maximum Gasteiger partial charge on any atom is 0.165 e. The third kappa shape index (κ3) is 1.85. The highest BCUT2D eigenvalue weighted by Gasteiger charge is 2.12. The summed E-state index contributed by atoms with van der Waals surface area (Å²) in [5, 5.41) is 16.8. The number of halogens is 1. The third-order valence-electron chi connectivity index (χ3n) is 1.80. The minimum atomic E-state index is 0.302. The average Bonchev–Trinajstić information content (AvgIpc) is 2.86. The number of alkyl halides is 1. The Morgan fingerprint density at radius 3 is 3.07 bits per heavy atom. The van der Waals surface area contributed by atoms with Gasteiger partial charge in [-0.05, 0) is 12.5 Å². The second-order valence-electron chi connectivity index (χ2n) is 2.79. The molecule has 4 nitrogen and oxygen atoms in total. The Balaban J connectivity index is 2.26. The Kier molecular flexibility index (Phi) is 2.93. The molecular weight excluding hydrogens is 264 g/mol. The zero-order chi connectivity index (χ0) is 9.97. The smallest absolute Gasteiger partial charge is 0.165 e. The van der Waals surface area contributed by atoms with E-state index in [2.05, 4.69) is 43.2 Å². The Labute approximate surface area is 93.9 Å². The van der Waals surface area contributed by atoms with Crippen LogP contribution < -0.4 is 0 Å². The van der Waals surface area contributed by atoms with Gasteiger partial charge in [-0.25, -0.2) is 0 Å². The van der Waals surface area contributed by atoms with Crippen LogP contribution in [0.2, 0.25) is 0 Å². The van der Waals surface area contributed by atoms with E-state index in [4.69, 9.17) is 0 Å². The number of aromatic nitrogens is 4. The molecule has 2 rings (SSSR count). The fourth-order valence-corrected chi connectivity index (χ4v) is 2.27. The standard InChI is InChI=1S/C8H9BrN4S/c1-2-5(9)7-12-13-8(14-7)6-3-4-10-11-6/h3-5H,2H2,1H3,(H,10,11). The molecule has 1 N–H and O–H groups in total.